The monoisotopic (exact) mass is 618 g/mol. The van der Waals surface area contributed by atoms with Crippen LogP contribution in [0.2, 0.25) is 5.02 Å². The first-order valence-corrected chi connectivity index (χ1v) is 15.5. The Morgan fingerprint density at radius 1 is 0.930 bits per heavy atom. The number of hydrogen-bond donors (Lipinski definition) is 2. The highest BCUT2D eigenvalue weighted by Crippen LogP contribution is 2.24. The van der Waals surface area contributed by atoms with E-state index in [-0.39, 0.29) is 19.1 Å². The van der Waals surface area contributed by atoms with Crippen molar-refractivity contribution in [3.8, 4) is 5.75 Å². The molecule has 43 heavy (non-hydrogen) atoms. The molecule has 0 bridgehead atoms. The first-order chi connectivity index (χ1) is 20.5. The van der Waals surface area contributed by atoms with Gasteiger partial charge in [0, 0.05) is 5.56 Å². The Bertz CT molecular complexity index is 1740. The van der Waals surface area contributed by atoms with Gasteiger partial charge in [0.1, 0.15) is 5.75 Å². The van der Waals surface area contributed by atoms with E-state index in [0.29, 0.717) is 33.3 Å². The van der Waals surface area contributed by atoms with E-state index < -0.39 is 15.9 Å². The summed E-state index contributed by atoms with van der Waals surface area (Å²) in [6.45, 7) is 3.85. The van der Waals surface area contributed by atoms with E-state index in [1.165, 1.54) is 16.8 Å². The summed E-state index contributed by atoms with van der Waals surface area (Å²) in [7, 11) is -3.53. The molecule has 0 saturated heterocycles. The van der Waals surface area contributed by atoms with Gasteiger partial charge in [-0.3, -0.25) is 13.9 Å². The molecule has 0 aliphatic heterocycles. The number of anilines is 2. The molecule has 4 aromatic rings. The van der Waals surface area contributed by atoms with Gasteiger partial charge in [-0.2, -0.15) is 5.10 Å². The maximum absolute atomic E-state index is 12.6. The van der Waals surface area contributed by atoms with Crippen molar-refractivity contribution in [2.75, 3.05) is 22.5 Å². The predicted molar refractivity (Wildman–Crippen MR) is 170 cm³/mol. The number of aryl methyl sites for hydroxylation is 2. The number of rotatable bonds is 11. The average molecular weight is 619 g/mol. The van der Waals surface area contributed by atoms with Crippen LogP contribution < -0.4 is 19.8 Å². The number of halogens is 1. The smallest absolute Gasteiger partial charge is 0.271 e. The highest BCUT2D eigenvalue weighted by Gasteiger charge is 2.19. The van der Waals surface area contributed by atoms with Crippen LogP contribution in [0.25, 0.3) is 0 Å². The molecular weight excluding hydrogens is 588 g/mol. The van der Waals surface area contributed by atoms with Gasteiger partial charge in [-0.1, -0.05) is 41.9 Å². The van der Waals surface area contributed by atoms with Gasteiger partial charge in [-0.25, -0.2) is 13.8 Å². The van der Waals surface area contributed by atoms with E-state index in [0.717, 1.165) is 16.7 Å². The Kier molecular flexibility index (Phi) is 10.2. The summed E-state index contributed by atoms with van der Waals surface area (Å²) in [4.78, 5) is 24.7. The number of carbonyl (C=O) groups is 2. The summed E-state index contributed by atoms with van der Waals surface area (Å²) in [5, 5.41) is 7.13. The first-order valence-electron chi connectivity index (χ1n) is 13.2. The third-order valence-corrected chi connectivity index (χ3v) is 7.97. The molecule has 9 nitrogen and oxygen atoms in total. The molecule has 11 heteroatoms. The van der Waals surface area contributed by atoms with E-state index in [1.807, 2.05) is 26.0 Å². The lowest BCUT2D eigenvalue weighted by atomic mass is 10.1. The van der Waals surface area contributed by atoms with Crippen molar-refractivity contribution in [2.45, 2.75) is 20.4 Å². The van der Waals surface area contributed by atoms with Crippen LogP contribution in [-0.2, 0) is 21.4 Å². The van der Waals surface area contributed by atoms with Crippen LogP contribution in [0.1, 0.15) is 32.6 Å². The highest BCUT2D eigenvalue weighted by atomic mass is 35.5. The molecule has 4 rings (SSSR count). The molecule has 222 valence electrons. The molecule has 0 aromatic heterocycles. The fourth-order valence-electron chi connectivity index (χ4n) is 3.99. The first kappa shape index (κ1) is 31.3. The highest BCUT2D eigenvalue weighted by molar-refractivity contribution is 7.92. The molecule has 0 radical (unpaired) electrons. The summed E-state index contributed by atoms with van der Waals surface area (Å²) in [6.07, 6.45) is 2.65. The van der Waals surface area contributed by atoms with Gasteiger partial charge in [0.05, 0.1) is 35.4 Å². The number of benzene rings is 4. The second-order valence-electron chi connectivity index (χ2n) is 9.82. The fraction of sp³-hybridized carbons (Fsp3) is 0.156. The largest absolute Gasteiger partial charge is 0.484 e. The normalized spacial score (nSPS) is 11.3. The van der Waals surface area contributed by atoms with Crippen LogP contribution in [-0.4, -0.2) is 39.3 Å². The number of para-hydroxylation sites is 1. The van der Waals surface area contributed by atoms with Gasteiger partial charge in [0.2, 0.25) is 10.0 Å². The van der Waals surface area contributed by atoms with Crippen molar-refractivity contribution in [3.63, 3.8) is 0 Å². The van der Waals surface area contributed by atoms with Crippen molar-refractivity contribution in [1.29, 1.82) is 0 Å². The van der Waals surface area contributed by atoms with E-state index in [2.05, 4.69) is 15.8 Å². The fourth-order valence-corrected chi connectivity index (χ4v) is 5.05. The Morgan fingerprint density at radius 3 is 2.28 bits per heavy atom. The zero-order valence-electron chi connectivity index (χ0n) is 23.9. The van der Waals surface area contributed by atoms with Crippen molar-refractivity contribution < 1.29 is 22.7 Å². The molecule has 0 heterocycles. The molecule has 0 saturated carbocycles. The summed E-state index contributed by atoms with van der Waals surface area (Å²) < 4.78 is 31.9. The molecule has 2 amide bonds. The SMILES string of the molecule is Cc1ccc(N(Cc2ccc(C(=O)N/N=C\c3ccc(OCC(=O)Nc4ccccc4Cl)cc3)cc2)S(C)(=O)=O)cc1C. The lowest BCUT2D eigenvalue weighted by Crippen LogP contribution is -2.29. The number of carbonyl (C=O) groups excluding carboxylic acids is 2. The van der Waals surface area contributed by atoms with Crippen molar-refractivity contribution in [3.05, 3.63) is 124 Å². The van der Waals surface area contributed by atoms with Crippen molar-refractivity contribution in [1.82, 2.24) is 5.43 Å². The number of ether oxygens (including phenoxy) is 1. The van der Waals surface area contributed by atoms with Crippen LogP contribution >= 0.6 is 11.6 Å². The third kappa shape index (κ3) is 8.91. The molecule has 4 aromatic carbocycles. The molecule has 0 aliphatic rings. The van der Waals surface area contributed by atoms with Crippen LogP contribution in [0.15, 0.2) is 96.1 Å². The van der Waals surface area contributed by atoms with Gasteiger partial charge in [-0.15, -0.1) is 0 Å². The van der Waals surface area contributed by atoms with E-state index in [1.54, 1.807) is 78.9 Å². The van der Waals surface area contributed by atoms with Crippen LogP contribution in [0.3, 0.4) is 0 Å². The van der Waals surface area contributed by atoms with Gasteiger partial charge < -0.3 is 10.1 Å². The Labute approximate surface area is 256 Å². The second-order valence-corrected chi connectivity index (χ2v) is 12.1. The molecule has 0 spiro atoms. The Balaban J connectivity index is 1.28. The van der Waals surface area contributed by atoms with E-state index in [9.17, 15) is 18.0 Å². The number of sulfonamides is 1. The second kappa shape index (κ2) is 14.0. The minimum atomic E-state index is -3.53. The molecule has 0 atom stereocenters. The summed E-state index contributed by atoms with van der Waals surface area (Å²) in [5.41, 5.74) is 7.45. The average Bonchev–Trinajstić information content (AvgIpc) is 2.98. The van der Waals surface area contributed by atoms with Crippen molar-refractivity contribution >= 4 is 51.0 Å². The maximum atomic E-state index is 12.6. The minimum absolute atomic E-state index is 0.132. The van der Waals surface area contributed by atoms with Crippen LogP contribution in [0.4, 0.5) is 11.4 Å². The lowest BCUT2D eigenvalue weighted by molar-refractivity contribution is -0.118. The summed E-state index contributed by atoms with van der Waals surface area (Å²) >= 11 is 6.05. The zero-order valence-corrected chi connectivity index (χ0v) is 25.4. The number of hydrazone groups is 1. The standard InChI is InChI=1S/C32H31ClN4O5S/c1-22-8-15-27(18-23(22)2)37(43(3,40)41)20-25-9-13-26(14-10-25)32(39)36-34-19-24-11-16-28(17-12-24)42-21-31(38)35-30-7-5-4-6-29(30)33/h4-19H,20-21H2,1-3H3,(H,35,38)(H,36,39)/b34-19-. The zero-order chi connectivity index (χ0) is 31.0. The number of amides is 2. The summed E-state index contributed by atoms with van der Waals surface area (Å²) in [5.74, 6) is -0.271. The number of hydrogen-bond acceptors (Lipinski definition) is 6. The molecule has 2 N–H and O–H groups in total. The molecular formula is C32H31ClN4O5S. The van der Waals surface area contributed by atoms with Crippen LogP contribution in [0.5, 0.6) is 5.75 Å². The van der Waals surface area contributed by atoms with E-state index >= 15 is 0 Å². The van der Waals surface area contributed by atoms with Gasteiger partial charge in [-0.05, 0) is 96.8 Å². The van der Waals surface area contributed by atoms with Gasteiger partial charge >= 0.3 is 0 Å². The quantitative estimate of drug-likeness (QED) is 0.165. The molecule has 0 fully saturated rings. The topological polar surface area (TPSA) is 117 Å². The maximum Gasteiger partial charge on any atom is 0.271 e. The molecule has 0 aliphatic carbocycles. The van der Waals surface area contributed by atoms with Crippen LogP contribution in [0, 0.1) is 13.8 Å². The van der Waals surface area contributed by atoms with Crippen molar-refractivity contribution in [2.24, 2.45) is 5.10 Å². The predicted octanol–water partition coefficient (Wildman–Crippen LogP) is 5.70. The Morgan fingerprint density at radius 2 is 1.63 bits per heavy atom. The number of nitrogens with one attached hydrogen (secondary N) is 2. The molecule has 0 unspecified atom stereocenters. The third-order valence-electron chi connectivity index (χ3n) is 6.50. The Hall–Kier alpha value is -4.67. The number of nitrogens with zero attached hydrogens (tertiary/aromatic N) is 2. The lowest BCUT2D eigenvalue weighted by Gasteiger charge is -2.23. The summed E-state index contributed by atoms with van der Waals surface area (Å²) in [6, 6.07) is 25.9. The van der Waals surface area contributed by atoms with Gasteiger partial charge in [0.25, 0.3) is 11.8 Å². The van der Waals surface area contributed by atoms with Gasteiger partial charge in [0.15, 0.2) is 6.61 Å². The minimum Gasteiger partial charge on any atom is -0.484 e. The van der Waals surface area contributed by atoms with E-state index in [4.69, 9.17) is 16.3 Å².